The van der Waals surface area contributed by atoms with Gasteiger partial charge in [-0.15, -0.1) is 6.58 Å². The van der Waals surface area contributed by atoms with E-state index in [-0.39, 0.29) is 0 Å². The second-order valence-corrected chi connectivity index (χ2v) is 3.61. The highest BCUT2D eigenvalue weighted by atomic mass is 32.1. The predicted octanol–water partition coefficient (Wildman–Crippen LogP) is 3.18. The van der Waals surface area contributed by atoms with E-state index in [9.17, 15) is 13.2 Å². The van der Waals surface area contributed by atoms with E-state index >= 15 is 0 Å². The van der Waals surface area contributed by atoms with Gasteiger partial charge in [0.15, 0.2) is 5.11 Å². The van der Waals surface area contributed by atoms with Gasteiger partial charge in [0.25, 0.3) is 0 Å². The third-order valence-corrected chi connectivity index (χ3v) is 2.12. The van der Waals surface area contributed by atoms with Crippen LogP contribution in [0.15, 0.2) is 36.9 Å². The van der Waals surface area contributed by atoms with Gasteiger partial charge >= 0.3 is 6.18 Å². The number of hydrogen-bond acceptors (Lipinski definition) is 1. The number of thiocarbonyl (C=S) groups is 1. The molecule has 17 heavy (non-hydrogen) atoms. The lowest BCUT2D eigenvalue weighted by atomic mass is 10.2. The zero-order valence-corrected chi connectivity index (χ0v) is 9.66. The summed E-state index contributed by atoms with van der Waals surface area (Å²) in [6.07, 6.45) is -2.69. The van der Waals surface area contributed by atoms with Gasteiger partial charge in [-0.25, -0.2) is 0 Å². The number of alkyl halides is 3. The highest BCUT2D eigenvalue weighted by Gasteiger charge is 2.29. The molecule has 0 atom stereocenters. The summed E-state index contributed by atoms with van der Waals surface area (Å²) in [5.74, 6) is 0. The SMILES string of the molecule is C=CCNC(=S)Nc1ccc(C(F)(F)F)cc1. The van der Waals surface area contributed by atoms with E-state index in [1.165, 1.54) is 12.1 Å². The van der Waals surface area contributed by atoms with Gasteiger partial charge in [-0.2, -0.15) is 13.2 Å². The van der Waals surface area contributed by atoms with E-state index in [2.05, 4.69) is 17.2 Å². The first-order valence-corrected chi connectivity index (χ1v) is 5.17. The molecule has 2 nitrogen and oxygen atoms in total. The Morgan fingerprint density at radius 3 is 2.35 bits per heavy atom. The quantitative estimate of drug-likeness (QED) is 0.644. The molecule has 0 amide bonds. The van der Waals surface area contributed by atoms with Crippen molar-refractivity contribution in [2.24, 2.45) is 0 Å². The fourth-order valence-corrected chi connectivity index (χ4v) is 1.28. The summed E-state index contributed by atoms with van der Waals surface area (Å²) in [4.78, 5) is 0. The molecule has 6 heteroatoms. The number of benzene rings is 1. The molecule has 0 fully saturated rings. The zero-order valence-electron chi connectivity index (χ0n) is 8.84. The van der Waals surface area contributed by atoms with Crippen LogP contribution in [0.2, 0.25) is 0 Å². The zero-order chi connectivity index (χ0) is 12.9. The molecule has 1 aromatic rings. The second kappa shape index (κ2) is 5.67. The molecule has 0 radical (unpaired) electrons. The average molecular weight is 260 g/mol. The van der Waals surface area contributed by atoms with Crippen molar-refractivity contribution in [1.29, 1.82) is 0 Å². The minimum atomic E-state index is -4.32. The lowest BCUT2D eigenvalue weighted by Crippen LogP contribution is -2.28. The summed E-state index contributed by atoms with van der Waals surface area (Å²) < 4.78 is 36.8. The van der Waals surface area contributed by atoms with Crippen LogP contribution in [0.25, 0.3) is 0 Å². The molecule has 0 aliphatic heterocycles. The summed E-state index contributed by atoms with van der Waals surface area (Å²) in [6, 6.07) is 4.65. The van der Waals surface area contributed by atoms with Gasteiger partial charge in [-0.05, 0) is 36.5 Å². The summed E-state index contributed by atoms with van der Waals surface area (Å²) in [6.45, 7) is 4.00. The van der Waals surface area contributed by atoms with E-state index in [4.69, 9.17) is 12.2 Å². The highest BCUT2D eigenvalue weighted by molar-refractivity contribution is 7.80. The third-order valence-electron chi connectivity index (χ3n) is 1.88. The van der Waals surface area contributed by atoms with Crippen LogP contribution in [-0.2, 0) is 6.18 Å². The van der Waals surface area contributed by atoms with E-state index < -0.39 is 11.7 Å². The van der Waals surface area contributed by atoms with Crippen molar-refractivity contribution in [2.45, 2.75) is 6.18 Å². The van der Waals surface area contributed by atoms with E-state index in [0.29, 0.717) is 17.3 Å². The van der Waals surface area contributed by atoms with Gasteiger partial charge < -0.3 is 10.6 Å². The van der Waals surface area contributed by atoms with Crippen molar-refractivity contribution >= 4 is 23.0 Å². The van der Waals surface area contributed by atoms with E-state index in [1.807, 2.05) is 0 Å². The Labute approximate surface area is 103 Å². The molecule has 92 valence electrons. The predicted molar refractivity (Wildman–Crippen MR) is 65.9 cm³/mol. The average Bonchev–Trinajstić information content (AvgIpc) is 2.26. The first kappa shape index (κ1) is 13.5. The fourth-order valence-electron chi connectivity index (χ4n) is 1.08. The van der Waals surface area contributed by atoms with Gasteiger partial charge in [0.2, 0.25) is 0 Å². The molecule has 1 aromatic carbocycles. The number of halogens is 3. The van der Waals surface area contributed by atoms with Gasteiger partial charge in [0, 0.05) is 12.2 Å². The van der Waals surface area contributed by atoms with Crippen LogP contribution in [0.1, 0.15) is 5.56 Å². The molecule has 1 rings (SSSR count). The van der Waals surface area contributed by atoms with Crippen LogP contribution in [0.3, 0.4) is 0 Å². The minimum absolute atomic E-state index is 0.338. The Bertz CT molecular complexity index is 398. The molecule has 0 aliphatic carbocycles. The standard InChI is InChI=1S/C11H11F3N2S/c1-2-7-15-10(17)16-9-5-3-8(4-6-9)11(12,13)14/h2-6H,1,7H2,(H2,15,16,17). The maximum Gasteiger partial charge on any atom is 0.416 e. The molecule has 0 saturated heterocycles. The van der Waals surface area contributed by atoms with Crippen molar-refractivity contribution in [1.82, 2.24) is 5.32 Å². The molecular weight excluding hydrogens is 249 g/mol. The van der Waals surface area contributed by atoms with Crippen LogP contribution < -0.4 is 10.6 Å². The van der Waals surface area contributed by atoms with E-state index in [0.717, 1.165) is 12.1 Å². The Morgan fingerprint density at radius 1 is 1.29 bits per heavy atom. The molecule has 0 bridgehead atoms. The van der Waals surface area contributed by atoms with Gasteiger partial charge in [0.05, 0.1) is 5.56 Å². The molecular formula is C11H11F3N2S. The van der Waals surface area contributed by atoms with Crippen molar-refractivity contribution in [2.75, 3.05) is 11.9 Å². The van der Waals surface area contributed by atoms with Gasteiger partial charge in [-0.1, -0.05) is 6.08 Å². The van der Waals surface area contributed by atoms with Crippen molar-refractivity contribution < 1.29 is 13.2 Å². The maximum atomic E-state index is 12.3. The Kier molecular flexibility index (Phi) is 4.51. The van der Waals surface area contributed by atoms with Crippen LogP contribution in [0.5, 0.6) is 0 Å². The number of rotatable bonds is 3. The number of anilines is 1. The third kappa shape index (κ3) is 4.44. The largest absolute Gasteiger partial charge is 0.416 e. The highest BCUT2D eigenvalue weighted by Crippen LogP contribution is 2.29. The molecule has 0 saturated carbocycles. The molecule has 0 aliphatic rings. The fraction of sp³-hybridized carbons (Fsp3) is 0.182. The summed E-state index contributed by atoms with van der Waals surface area (Å²) in [7, 11) is 0. The van der Waals surface area contributed by atoms with Crippen molar-refractivity contribution in [3.63, 3.8) is 0 Å². The summed E-state index contributed by atoms with van der Waals surface area (Å²) >= 11 is 4.92. The van der Waals surface area contributed by atoms with Crippen molar-refractivity contribution in [3.05, 3.63) is 42.5 Å². The molecule has 0 unspecified atom stereocenters. The first-order chi connectivity index (χ1) is 7.93. The van der Waals surface area contributed by atoms with E-state index in [1.54, 1.807) is 6.08 Å². The summed E-state index contributed by atoms with van der Waals surface area (Å²) in [5, 5.41) is 5.90. The van der Waals surface area contributed by atoms with Crippen molar-refractivity contribution in [3.8, 4) is 0 Å². The summed E-state index contributed by atoms with van der Waals surface area (Å²) in [5.41, 5.74) is -0.187. The number of nitrogens with one attached hydrogen (secondary N) is 2. The molecule has 0 spiro atoms. The monoisotopic (exact) mass is 260 g/mol. The normalized spacial score (nSPS) is 10.8. The lowest BCUT2D eigenvalue weighted by Gasteiger charge is -2.10. The van der Waals surface area contributed by atoms with Crippen LogP contribution in [-0.4, -0.2) is 11.7 Å². The Morgan fingerprint density at radius 2 is 1.88 bits per heavy atom. The molecule has 0 aromatic heterocycles. The minimum Gasteiger partial charge on any atom is -0.359 e. The Hall–Kier alpha value is -1.56. The molecule has 2 N–H and O–H groups in total. The smallest absolute Gasteiger partial charge is 0.359 e. The second-order valence-electron chi connectivity index (χ2n) is 3.20. The van der Waals surface area contributed by atoms with Gasteiger partial charge in [0.1, 0.15) is 0 Å². The first-order valence-electron chi connectivity index (χ1n) is 4.76. The lowest BCUT2D eigenvalue weighted by molar-refractivity contribution is -0.137. The van der Waals surface area contributed by atoms with Crippen LogP contribution in [0.4, 0.5) is 18.9 Å². The van der Waals surface area contributed by atoms with Gasteiger partial charge in [-0.3, -0.25) is 0 Å². The molecule has 0 heterocycles. The van der Waals surface area contributed by atoms with Crippen LogP contribution >= 0.6 is 12.2 Å². The van der Waals surface area contributed by atoms with Crippen LogP contribution in [0, 0.1) is 0 Å². The maximum absolute atomic E-state index is 12.3. The topological polar surface area (TPSA) is 24.1 Å². The Balaban J connectivity index is 2.62. The number of hydrogen-bond donors (Lipinski definition) is 2.